The van der Waals surface area contributed by atoms with E-state index in [1.165, 1.54) is 11.3 Å². The average Bonchev–Trinajstić information content (AvgIpc) is 3.76. The number of hydrogen-bond donors (Lipinski definition) is 1. The smallest absolute Gasteiger partial charge is 0.280 e. The molecular formula is C33H40N8O3. The lowest BCUT2D eigenvalue weighted by molar-refractivity contribution is 0.264. The molecule has 0 amide bonds. The third-order valence-electron chi connectivity index (χ3n) is 9.55. The number of nitrogens with two attached hydrogens (primary N) is 1. The summed E-state index contributed by atoms with van der Waals surface area (Å²) >= 11 is 0. The standard InChI is InChI=1S/C33H40N8O3/c1-17-12-19(28-35-30(43-39-28)26-20-8-10-32(3,4)14-23(20)41(7)37-26)13-18(2)25(17)22(16-34)29-36-31(44-40-29)27-21-9-11-33(5,6)15-24(21)42-38-27/h12-13,22H,8-11,14-16,34H2,1-7H3. The normalized spacial score (nSPS) is 17.8. The lowest BCUT2D eigenvalue weighted by Gasteiger charge is -2.29. The molecule has 2 N–H and O–H groups in total. The molecule has 0 bridgehead atoms. The summed E-state index contributed by atoms with van der Waals surface area (Å²) in [4.78, 5) is 9.55. The van der Waals surface area contributed by atoms with Crippen molar-refractivity contribution in [2.45, 2.75) is 86.0 Å². The zero-order valence-corrected chi connectivity index (χ0v) is 26.6. The molecule has 230 valence electrons. The summed E-state index contributed by atoms with van der Waals surface area (Å²) in [6.07, 6.45) is 5.80. The van der Waals surface area contributed by atoms with Crippen molar-refractivity contribution in [1.29, 1.82) is 0 Å². The lowest BCUT2D eigenvalue weighted by Crippen LogP contribution is -2.23. The van der Waals surface area contributed by atoms with Gasteiger partial charge in [0.05, 0.1) is 5.92 Å². The van der Waals surface area contributed by atoms with Crippen LogP contribution in [0.2, 0.25) is 0 Å². The van der Waals surface area contributed by atoms with Crippen molar-refractivity contribution < 1.29 is 13.6 Å². The van der Waals surface area contributed by atoms with Gasteiger partial charge < -0.3 is 19.3 Å². The second kappa shape index (κ2) is 10.2. The minimum Gasteiger partial charge on any atom is -0.360 e. The molecule has 1 unspecified atom stereocenters. The van der Waals surface area contributed by atoms with Crippen LogP contribution >= 0.6 is 0 Å². The fourth-order valence-electron chi connectivity index (χ4n) is 7.07. The molecule has 0 saturated carbocycles. The van der Waals surface area contributed by atoms with Crippen LogP contribution in [0.5, 0.6) is 0 Å². The summed E-state index contributed by atoms with van der Waals surface area (Å²) in [5.41, 5.74) is 15.7. The fraction of sp³-hybridized carbons (Fsp3) is 0.515. The monoisotopic (exact) mass is 596 g/mol. The van der Waals surface area contributed by atoms with Gasteiger partial charge in [0.15, 0.2) is 17.2 Å². The Morgan fingerprint density at radius 3 is 2.23 bits per heavy atom. The first kappa shape index (κ1) is 28.6. The number of fused-ring (bicyclic) bond motifs is 2. The highest BCUT2D eigenvalue weighted by Crippen LogP contribution is 2.41. The molecule has 0 spiro atoms. The van der Waals surface area contributed by atoms with Gasteiger partial charge in [0.1, 0.15) is 5.76 Å². The van der Waals surface area contributed by atoms with E-state index < -0.39 is 0 Å². The van der Waals surface area contributed by atoms with E-state index in [0.29, 0.717) is 35.7 Å². The van der Waals surface area contributed by atoms with Crippen molar-refractivity contribution in [1.82, 2.24) is 35.2 Å². The minimum atomic E-state index is -0.256. The van der Waals surface area contributed by atoms with E-state index in [1.807, 2.05) is 11.7 Å². The van der Waals surface area contributed by atoms with E-state index in [9.17, 15) is 0 Å². The molecule has 0 fully saturated rings. The molecular weight excluding hydrogens is 556 g/mol. The summed E-state index contributed by atoms with van der Waals surface area (Å²) in [6, 6.07) is 4.12. The molecule has 1 atom stereocenters. The van der Waals surface area contributed by atoms with Crippen molar-refractivity contribution in [2.75, 3.05) is 6.54 Å². The van der Waals surface area contributed by atoms with Gasteiger partial charge in [-0.25, -0.2) is 0 Å². The zero-order valence-electron chi connectivity index (χ0n) is 26.6. The Bertz CT molecular complexity index is 1850. The van der Waals surface area contributed by atoms with Crippen LogP contribution in [0.15, 0.2) is 25.7 Å². The Labute approximate surface area is 256 Å². The third kappa shape index (κ3) is 4.87. The number of aryl methyl sites for hydroxylation is 3. The average molecular weight is 597 g/mol. The van der Waals surface area contributed by atoms with E-state index in [2.05, 4.69) is 69.1 Å². The van der Waals surface area contributed by atoms with Crippen LogP contribution in [0, 0.1) is 24.7 Å². The van der Waals surface area contributed by atoms with Crippen molar-refractivity contribution >= 4 is 0 Å². The van der Waals surface area contributed by atoms with Gasteiger partial charge >= 0.3 is 0 Å². The number of hydrogen-bond acceptors (Lipinski definition) is 10. The summed E-state index contributed by atoms with van der Waals surface area (Å²) in [5, 5.41) is 17.8. The van der Waals surface area contributed by atoms with E-state index in [-0.39, 0.29) is 16.7 Å². The topological polar surface area (TPSA) is 148 Å². The van der Waals surface area contributed by atoms with Gasteiger partial charge in [-0.05, 0) is 85.6 Å². The Morgan fingerprint density at radius 2 is 1.50 bits per heavy atom. The van der Waals surface area contributed by atoms with Crippen molar-refractivity contribution in [3.8, 4) is 34.6 Å². The largest absolute Gasteiger partial charge is 0.360 e. The maximum Gasteiger partial charge on any atom is 0.280 e. The SMILES string of the molecule is Cc1cc(-c2noc(-c3nn(C)c4c3CCC(C)(C)C4)n2)cc(C)c1C(CN)c1noc(-c2noc3c2CCC(C)(C)C3)n1. The van der Waals surface area contributed by atoms with Gasteiger partial charge in [-0.1, -0.05) is 43.2 Å². The molecule has 5 aromatic rings. The molecule has 4 heterocycles. The number of aromatic nitrogens is 7. The van der Waals surface area contributed by atoms with Crippen molar-refractivity contribution in [2.24, 2.45) is 23.6 Å². The maximum absolute atomic E-state index is 6.33. The van der Waals surface area contributed by atoms with Gasteiger partial charge in [-0.3, -0.25) is 4.68 Å². The lowest BCUT2D eigenvalue weighted by atomic mass is 9.76. The van der Waals surface area contributed by atoms with Crippen molar-refractivity contribution in [3.63, 3.8) is 0 Å². The summed E-state index contributed by atoms with van der Waals surface area (Å²) < 4.78 is 19.1. The molecule has 44 heavy (non-hydrogen) atoms. The quantitative estimate of drug-likeness (QED) is 0.251. The molecule has 2 aliphatic carbocycles. The first-order chi connectivity index (χ1) is 20.9. The first-order valence-electron chi connectivity index (χ1n) is 15.4. The highest BCUT2D eigenvalue weighted by Gasteiger charge is 2.34. The molecule has 11 heteroatoms. The van der Waals surface area contributed by atoms with Gasteiger partial charge in [0.25, 0.3) is 11.8 Å². The Balaban J connectivity index is 1.16. The third-order valence-corrected chi connectivity index (χ3v) is 9.55. The second-order valence-corrected chi connectivity index (χ2v) is 14.2. The van der Waals surface area contributed by atoms with E-state index >= 15 is 0 Å². The Kier molecular flexibility index (Phi) is 6.65. The molecule has 7 rings (SSSR count). The first-order valence-corrected chi connectivity index (χ1v) is 15.4. The number of benzene rings is 1. The predicted octanol–water partition coefficient (Wildman–Crippen LogP) is 5.91. The predicted molar refractivity (Wildman–Crippen MR) is 164 cm³/mol. The fourth-order valence-corrected chi connectivity index (χ4v) is 7.07. The van der Waals surface area contributed by atoms with Gasteiger partial charge in [0.2, 0.25) is 5.82 Å². The van der Waals surface area contributed by atoms with Crippen LogP contribution < -0.4 is 5.73 Å². The zero-order chi connectivity index (χ0) is 31.0. The van der Waals surface area contributed by atoms with Crippen LogP contribution in [0.3, 0.4) is 0 Å². The van der Waals surface area contributed by atoms with E-state index in [4.69, 9.17) is 34.4 Å². The van der Waals surface area contributed by atoms with Crippen molar-refractivity contribution in [3.05, 3.63) is 57.2 Å². The van der Waals surface area contributed by atoms with Crippen LogP contribution in [0.4, 0.5) is 0 Å². The Hall–Kier alpha value is -4.12. The highest BCUT2D eigenvalue weighted by atomic mass is 16.5. The molecule has 11 nitrogen and oxygen atoms in total. The van der Waals surface area contributed by atoms with Crippen LogP contribution in [0.25, 0.3) is 34.6 Å². The molecule has 2 aliphatic rings. The van der Waals surface area contributed by atoms with Crippen LogP contribution in [-0.4, -0.2) is 41.8 Å². The number of nitrogens with zero attached hydrogens (tertiary/aromatic N) is 7. The summed E-state index contributed by atoms with van der Waals surface area (Å²) in [6.45, 7) is 13.5. The van der Waals surface area contributed by atoms with E-state index in [1.54, 1.807) is 0 Å². The Morgan fingerprint density at radius 1 is 0.841 bits per heavy atom. The number of rotatable bonds is 6. The van der Waals surface area contributed by atoms with Crippen LogP contribution in [0.1, 0.15) is 91.6 Å². The van der Waals surface area contributed by atoms with Gasteiger partial charge in [-0.15, -0.1) is 0 Å². The minimum absolute atomic E-state index is 0.189. The highest BCUT2D eigenvalue weighted by molar-refractivity contribution is 5.64. The second-order valence-electron chi connectivity index (χ2n) is 14.2. The molecule has 0 radical (unpaired) electrons. The molecule has 1 aromatic carbocycles. The van der Waals surface area contributed by atoms with E-state index in [0.717, 1.165) is 77.8 Å². The summed E-state index contributed by atoms with van der Waals surface area (Å²) in [5.74, 6) is 2.53. The molecule has 4 aromatic heterocycles. The van der Waals surface area contributed by atoms with Crippen LogP contribution in [-0.2, 0) is 32.7 Å². The van der Waals surface area contributed by atoms with Gasteiger partial charge in [-0.2, -0.15) is 15.1 Å². The molecule has 0 saturated heterocycles. The summed E-state index contributed by atoms with van der Waals surface area (Å²) in [7, 11) is 1.99. The molecule has 0 aliphatic heterocycles. The van der Waals surface area contributed by atoms with Gasteiger partial charge in [0, 0.05) is 42.4 Å². The maximum atomic E-state index is 6.33.